The number of nitrogens with one attached hydrogen (secondary N) is 4. The third-order valence-corrected chi connectivity index (χ3v) is 8.30. The quantitative estimate of drug-likeness (QED) is 0.239. The lowest BCUT2D eigenvalue weighted by Crippen LogP contribution is -2.57. The Bertz CT molecular complexity index is 1750. The van der Waals surface area contributed by atoms with E-state index < -0.39 is 45.7 Å². The molecule has 0 aliphatic carbocycles. The number of anilines is 3. The van der Waals surface area contributed by atoms with Gasteiger partial charge >= 0.3 is 12.2 Å². The number of hydrogen-bond donors (Lipinski definition) is 5. The van der Waals surface area contributed by atoms with Crippen LogP contribution in [-0.4, -0.2) is 67.8 Å². The lowest BCUT2D eigenvalue weighted by atomic mass is 9.83. The van der Waals surface area contributed by atoms with E-state index in [0.717, 1.165) is 6.26 Å². The molecule has 0 bridgehead atoms. The molecular formula is C30H30ClN5O8S. The summed E-state index contributed by atoms with van der Waals surface area (Å²) in [4.78, 5) is 52.5. The molecule has 2 heterocycles. The Morgan fingerprint density at radius 1 is 1.07 bits per heavy atom. The fourth-order valence-electron chi connectivity index (χ4n) is 5.53. The Morgan fingerprint density at radius 2 is 1.76 bits per heavy atom. The third kappa shape index (κ3) is 7.64. The van der Waals surface area contributed by atoms with Gasteiger partial charge in [-0.2, -0.15) is 0 Å². The molecule has 3 aromatic carbocycles. The first-order chi connectivity index (χ1) is 21.3. The minimum Gasteiger partial charge on any atom is -0.465 e. The van der Waals surface area contributed by atoms with Gasteiger partial charge in [-0.05, 0) is 73.0 Å². The number of carbonyl (C=O) groups is 4. The van der Waals surface area contributed by atoms with Crippen molar-refractivity contribution in [2.24, 2.45) is 0 Å². The summed E-state index contributed by atoms with van der Waals surface area (Å²) in [7, 11) is -3.49. The molecule has 3 aromatic rings. The van der Waals surface area contributed by atoms with Gasteiger partial charge in [0.2, 0.25) is 15.9 Å². The van der Waals surface area contributed by atoms with E-state index in [-0.39, 0.29) is 24.2 Å². The molecule has 1 spiro atoms. The molecule has 0 aromatic heterocycles. The number of carboxylic acid groups (broad SMARTS) is 1. The van der Waals surface area contributed by atoms with Crippen LogP contribution in [0.2, 0.25) is 5.02 Å². The molecule has 5 N–H and O–H groups in total. The normalized spacial score (nSPS) is 18.2. The molecule has 4 amide bonds. The van der Waals surface area contributed by atoms with E-state index in [1.807, 2.05) is 0 Å². The van der Waals surface area contributed by atoms with Crippen LogP contribution >= 0.6 is 11.6 Å². The molecule has 0 saturated carbocycles. The molecule has 5 rings (SSSR count). The van der Waals surface area contributed by atoms with Crippen molar-refractivity contribution in [3.05, 3.63) is 88.4 Å². The van der Waals surface area contributed by atoms with E-state index in [1.54, 1.807) is 47.4 Å². The lowest BCUT2D eigenvalue weighted by Gasteiger charge is -2.45. The van der Waals surface area contributed by atoms with Crippen molar-refractivity contribution in [2.45, 2.75) is 30.9 Å². The van der Waals surface area contributed by atoms with Crippen LogP contribution in [0, 0.1) is 0 Å². The highest BCUT2D eigenvalue weighted by Crippen LogP contribution is 2.43. The number of amides is 4. The van der Waals surface area contributed by atoms with Crippen LogP contribution < -0.4 is 20.7 Å². The maximum Gasteiger partial charge on any atom is 0.412 e. The summed E-state index contributed by atoms with van der Waals surface area (Å²) in [6.45, 7) is 0.381. The zero-order chi connectivity index (χ0) is 32.4. The van der Waals surface area contributed by atoms with E-state index in [4.69, 9.17) is 21.4 Å². The molecule has 15 heteroatoms. The zero-order valence-electron chi connectivity index (χ0n) is 24.0. The number of likely N-dealkylation sites (tertiary alicyclic amines) is 1. The largest absolute Gasteiger partial charge is 0.465 e. The molecule has 1 fully saturated rings. The van der Waals surface area contributed by atoms with Crippen LogP contribution in [0.5, 0.6) is 0 Å². The maximum absolute atomic E-state index is 14.1. The van der Waals surface area contributed by atoms with Crippen LogP contribution in [0.4, 0.5) is 26.7 Å². The predicted molar refractivity (Wildman–Crippen MR) is 167 cm³/mol. The number of benzene rings is 3. The standard InChI is InChI=1S/C30H30ClN5O8S/c1-45(42,43)35-22-8-3-18(4-9-22)15-25(33-26(37)19-5-10-21(11-6-19)32-28(39)40)27(38)36-14-2-13-30(17-36)23-16-20(31)7-12-24(23)34-29(41)44-30/h3-12,16,25,32,35H,2,13-15,17H2,1H3,(H,33,37)(H,34,41)(H,39,40)/t25-,30-/m0/s1. The number of ether oxygens (including phenoxy) is 1. The molecule has 2 atom stereocenters. The van der Waals surface area contributed by atoms with Gasteiger partial charge in [-0.1, -0.05) is 23.7 Å². The number of hydrogen-bond acceptors (Lipinski definition) is 7. The number of sulfonamides is 1. The van der Waals surface area contributed by atoms with Crippen molar-refractivity contribution in [1.82, 2.24) is 10.2 Å². The van der Waals surface area contributed by atoms with Crippen molar-refractivity contribution in [2.75, 3.05) is 34.7 Å². The number of fused-ring (bicyclic) bond motifs is 2. The predicted octanol–water partition coefficient (Wildman–Crippen LogP) is 4.22. The first-order valence-electron chi connectivity index (χ1n) is 13.9. The Balaban J connectivity index is 1.41. The summed E-state index contributed by atoms with van der Waals surface area (Å²) in [6, 6.07) is 16.1. The van der Waals surface area contributed by atoms with E-state index in [9.17, 15) is 27.6 Å². The summed E-state index contributed by atoms with van der Waals surface area (Å²) in [6.07, 6.45) is 0.171. The van der Waals surface area contributed by atoms with E-state index >= 15 is 0 Å². The number of rotatable bonds is 8. The Hall–Kier alpha value is -4.82. The van der Waals surface area contributed by atoms with Crippen LogP contribution in [0.3, 0.4) is 0 Å². The van der Waals surface area contributed by atoms with E-state index in [1.165, 1.54) is 24.3 Å². The number of halogens is 1. The van der Waals surface area contributed by atoms with Crippen molar-refractivity contribution in [3.8, 4) is 0 Å². The summed E-state index contributed by atoms with van der Waals surface area (Å²) in [5.41, 5.74) is 1.50. The summed E-state index contributed by atoms with van der Waals surface area (Å²) < 4.78 is 31.4. The van der Waals surface area contributed by atoms with Gasteiger partial charge < -0.3 is 20.1 Å². The molecular weight excluding hydrogens is 626 g/mol. The van der Waals surface area contributed by atoms with Gasteiger partial charge in [0.25, 0.3) is 5.91 Å². The second kappa shape index (κ2) is 12.7. The highest BCUT2D eigenvalue weighted by atomic mass is 35.5. The van der Waals surface area contributed by atoms with Gasteiger partial charge in [-0.3, -0.25) is 24.9 Å². The van der Waals surface area contributed by atoms with Crippen molar-refractivity contribution in [1.29, 1.82) is 0 Å². The first kappa shape index (κ1) is 31.6. The summed E-state index contributed by atoms with van der Waals surface area (Å²) in [5, 5.41) is 17.1. The minimum absolute atomic E-state index is 0.0335. The molecule has 2 aliphatic heterocycles. The topological polar surface area (TPSA) is 183 Å². The van der Waals surface area contributed by atoms with Gasteiger partial charge in [0, 0.05) is 40.5 Å². The SMILES string of the molecule is CS(=O)(=O)Nc1ccc(C[C@H](NC(=O)c2ccc(NC(=O)O)cc2)C(=O)N2CCC[C@@]3(C2)OC(=O)Nc2ccc(Cl)cc23)cc1. The number of nitrogens with zero attached hydrogens (tertiary/aromatic N) is 1. The van der Waals surface area contributed by atoms with Crippen molar-refractivity contribution in [3.63, 3.8) is 0 Å². The Labute approximate surface area is 263 Å². The molecule has 236 valence electrons. The van der Waals surface area contributed by atoms with E-state index in [2.05, 4.69) is 20.7 Å². The third-order valence-electron chi connectivity index (χ3n) is 7.46. The Morgan fingerprint density at radius 3 is 2.42 bits per heavy atom. The summed E-state index contributed by atoms with van der Waals surface area (Å²) in [5.74, 6) is -0.981. The number of piperidine rings is 1. The monoisotopic (exact) mass is 655 g/mol. The molecule has 45 heavy (non-hydrogen) atoms. The Kier molecular flexibility index (Phi) is 8.89. The van der Waals surface area contributed by atoms with Crippen LogP contribution in [-0.2, 0) is 31.6 Å². The first-order valence-corrected chi connectivity index (χ1v) is 16.1. The van der Waals surface area contributed by atoms with Gasteiger partial charge in [0.15, 0.2) is 5.60 Å². The fourth-order valence-corrected chi connectivity index (χ4v) is 6.27. The molecule has 0 unspecified atom stereocenters. The van der Waals surface area contributed by atoms with Crippen molar-refractivity contribution < 1.29 is 37.4 Å². The average Bonchev–Trinajstić information content (AvgIpc) is 2.97. The zero-order valence-corrected chi connectivity index (χ0v) is 25.6. The van der Waals surface area contributed by atoms with Gasteiger partial charge in [0.05, 0.1) is 18.5 Å². The maximum atomic E-state index is 14.1. The fraction of sp³-hybridized carbons (Fsp3) is 0.267. The summed E-state index contributed by atoms with van der Waals surface area (Å²) >= 11 is 6.28. The van der Waals surface area contributed by atoms with Gasteiger partial charge in [-0.25, -0.2) is 18.0 Å². The molecule has 0 radical (unpaired) electrons. The van der Waals surface area contributed by atoms with Crippen LogP contribution in [0.15, 0.2) is 66.7 Å². The van der Waals surface area contributed by atoms with Crippen LogP contribution in [0.1, 0.15) is 34.3 Å². The highest BCUT2D eigenvalue weighted by molar-refractivity contribution is 7.92. The second-order valence-electron chi connectivity index (χ2n) is 10.9. The molecule has 2 aliphatic rings. The van der Waals surface area contributed by atoms with Gasteiger partial charge in [0.1, 0.15) is 6.04 Å². The van der Waals surface area contributed by atoms with Crippen LogP contribution in [0.25, 0.3) is 0 Å². The molecule has 13 nitrogen and oxygen atoms in total. The van der Waals surface area contributed by atoms with Crippen molar-refractivity contribution >= 4 is 62.7 Å². The average molecular weight is 656 g/mol. The second-order valence-corrected chi connectivity index (χ2v) is 13.1. The van der Waals surface area contributed by atoms with Gasteiger partial charge in [-0.15, -0.1) is 0 Å². The smallest absolute Gasteiger partial charge is 0.412 e. The minimum atomic E-state index is -3.49. The lowest BCUT2D eigenvalue weighted by molar-refractivity contribution is -0.141. The molecule has 1 saturated heterocycles. The number of carbonyl (C=O) groups excluding carboxylic acids is 3. The van der Waals surface area contributed by atoms with E-state index in [0.29, 0.717) is 46.9 Å². The highest BCUT2D eigenvalue weighted by Gasteiger charge is 2.47.